The summed E-state index contributed by atoms with van der Waals surface area (Å²) in [5.74, 6) is 1.65. The molecule has 106 valence electrons. The van der Waals surface area contributed by atoms with E-state index in [0.717, 1.165) is 23.7 Å². The fourth-order valence-electron chi connectivity index (χ4n) is 1.97. The molecule has 0 spiro atoms. The van der Waals surface area contributed by atoms with Crippen molar-refractivity contribution in [1.82, 2.24) is 0 Å². The van der Waals surface area contributed by atoms with Gasteiger partial charge in [-0.2, -0.15) is 0 Å². The minimum Gasteiger partial charge on any atom is -0.495 e. The van der Waals surface area contributed by atoms with Crippen molar-refractivity contribution >= 4 is 11.4 Å². The molecule has 0 aliphatic carbocycles. The first-order valence-corrected chi connectivity index (χ1v) is 6.53. The monoisotopic (exact) mass is 272 g/mol. The van der Waals surface area contributed by atoms with E-state index in [-0.39, 0.29) is 0 Å². The van der Waals surface area contributed by atoms with Gasteiger partial charge in [-0.25, -0.2) is 0 Å². The van der Waals surface area contributed by atoms with Crippen molar-refractivity contribution in [3.05, 3.63) is 48.5 Å². The second-order valence-electron chi connectivity index (χ2n) is 4.51. The molecule has 0 fully saturated rings. The fraction of sp³-hybridized carbons (Fsp3) is 0.250. The third kappa shape index (κ3) is 3.57. The third-order valence-corrected chi connectivity index (χ3v) is 3.05. The van der Waals surface area contributed by atoms with Crippen LogP contribution in [0, 0.1) is 0 Å². The molecule has 20 heavy (non-hydrogen) atoms. The number of rotatable bonds is 6. The maximum atomic E-state index is 5.71. The number of ether oxygens (including phenoxy) is 2. The molecule has 0 aliphatic rings. The molecule has 0 aromatic heterocycles. The van der Waals surface area contributed by atoms with Crippen LogP contribution in [0.3, 0.4) is 0 Å². The largest absolute Gasteiger partial charge is 0.495 e. The number of benzene rings is 2. The number of likely N-dealkylation sites (N-methyl/N-ethyl adjacent to an activating group) is 1. The Morgan fingerprint density at radius 1 is 1.10 bits per heavy atom. The van der Waals surface area contributed by atoms with Crippen LogP contribution in [0.4, 0.5) is 11.4 Å². The lowest BCUT2D eigenvalue weighted by Crippen LogP contribution is -2.24. The van der Waals surface area contributed by atoms with Crippen LogP contribution in [0.2, 0.25) is 0 Å². The predicted octanol–water partition coefficient (Wildman–Crippen LogP) is 2.79. The fourth-order valence-corrected chi connectivity index (χ4v) is 1.97. The molecule has 0 atom stereocenters. The number of para-hydroxylation sites is 2. The van der Waals surface area contributed by atoms with Crippen LogP contribution < -0.4 is 20.1 Å². The molecule has 2 rings (SSSR count). The number of hydrogen-bond acceptors (Lipinski definition) is 4. The molecule has 2 aromatic rings. The first kappa shape index (κ1) is 14.1. The first-order valence-electron chi connectivity index (χ1n) is 6.53. The zero-order valence-electron chi connectivity index (χ0n) is 11.9. The SMILES string of the molecule is COc1ccccc1N(C)CCOc1cccc(N)c1. The van der Waals surface area contributed by atoms with E-state index in [4.69, 9.17) is 15.2 Å². The number of nitrogens with zero attached hydrogens (tertiary/aromatic N) is 1. The Balaban J connectivity index is 1.90. The molecule has 0 saturated carbocycles. The van der Waals surface area contributed by atoms with E-state index < -0.39 is 0 Å². The molecular formula is C16H20N2O2. The second kappa shape index (κ2) is 6.70. The van der Waals surface area contributed by atoms with Crippen LogP contribution in [0.5, 0.6) is 11.5 Å². The Bertz CT molecular complexity index is 558. The average Bonchev–Trinajstić information content (AvgIpc) is 2.47. The van der Waals surface area contributed by atoms with E-state index in [0.29, 0.717) is 12.3 Å². The number of anilines is 2. The highest BCUT2D eigenvalue weighted by Crippen LogP contribution is 2.26. The standard InChI is InChI=1S/C16H20N2O2/c1-18(15-8-3-4-9-16(15)19-2)10-11-20-14-7-5-6-13(17)12-14/h3-9,12H,10-11,17H2,1-2H3. The van der Waals surface area contributed by atoms with Gasteiger partial charge >= 0.3 is 0 Å². The van der Waals surface area contributed by atoms with Gasteiger partial charge in [0.15, 0.2) is 0 Å². The second-order valence-corrected chi connectivity index (χ2v) is 4.51. The van der Waals surface area contributed by atoms with Crippen LogP contribution in [-0.4, -0.2) is 27.3 Å². The molecule has 2 aromatic carbocycles. The van der Waals surface area contributed by atoms with E-state index in [9.17, 15) is 0 Å². The molecule has 0 bridgehead atoms. The first-order chi connectivity index (χ1) is 9.70. The smallest absolute Gasteiger partial charge is 0.142 e. The van der Waals surface area contributed by atoms with Crippen molar-refractivity contribution < 1.29 is 9.47 Å². The van der Waals surface area contributed by atoms with Crippen molar-refractivity contribution in [1.29, 1.82) is 0 Å². The van der Waals surface area contributed by atoms with Gasteiger partial charge in [0.25, 0.3) is 0 Å². The molecule has 4 nitrogen and oxygen atoms in total. The highest BCUT2D eigenvalue weighted by Gasteiger charge is 2.07. The van der Waals surface area contributed by atoms with Gasteiger partial charge in [0.1, 0.15) is 18.1 Å². The molecule has 0 saturated heterocycles. The number of nitrogens with two attached hydrogens (primary N) is 1. The summed E-state index contributed by atoms with van der Waals surface area (Å²) in [4.78, 5) is 2.10. The Kier molecular flexibility index (Phi) is 4.71. The molecule has 0 heterocycles. The minimum atomic E-state index is 0.581. The maximum absolute atomic E-state index is 5.71. The molecule has 0 radical (unpaired) electrons. The van der Waals surface area contributed by atoms with Crippen LogP contribution in [0.1, 0.15) is 0 Å². The zero-order chi connectivity index (χ0) is 14.4. The molecule has 0 aliphatic heterocycles. The van der Waals surface area contributed by atoms with Gasteiger partial charge < -0.3 is 20.1 Å². The summed E-state index contributed by atoms with van der Waals surface area (Å²) in [5.41, 5.74) is 7.47. The van der Waals surface area contributed by atoms with E-state index in [1.165, 1.54) is 0 Å². The van der Waals surface area contributed by atoms with Crippen LogP contribution in [-0.2, 0) is 0 Å². The van der Waals surface area contributed by atoms with Gasteiger partial charge in [-0.1, -0.05) is 18.2 Å². The van der Waals surface area contributed by atoms with Gasteiger partial charge in [0.05, 0.1) is 19.3 Å². The number of hydrogen-bond donors (Lipinski definition) is 1. The summed E-state index contributed by atoms with van der Waals surface area (Å²) in [6, 6.07) is 15.4. The van der Waals surface area contributed by atoms with Gasteiger partial charge in [-0.15, -0.1) is 0 Å². The predicted molar refractivity (Wildman–Crippen MR) is 82.6 cm³/mol. The molecule has 0 unspecified atom stereocenters. The van der Waals surface area contributed by atoms with Crippen molar-refractivity contribution in [2.75, 3.05) is 37.9 Å². The third-order valence-electron chi connectivity index (χ3n) is 3.05. The van der Waals surface area contributed by atoms with Gasteiger partial charge in [-0.05, 0) is 24.3 Å². The van der Waals surface area contributed by atoms with Crippen molar-refractivity contribution in [2.24, 2.45) is 0 Å². The number of methoxy groups -OCH3 is 1. The maximum Gasteiger partial charge on any atom is 0.142 e. The van der Waals surface area contributed by atoms with E-state index in [1.54, 1.807) is 7.11 Å². The quantitative estimate of drug-likeness (QED) is 0.821. The summed E-state index contributed by atoms with van der Waals surface area (Å²) in [5, 5.41) is 0. The highest BCUT2D eigenvalue weighted by atomic mass is 16.5. The summed E-state index contributed by atoms with van der Waals surface area (Å²) >= 11 is 0. The van der Waals surface area contributed by atoms with E-state index >= 15 is 0 Å². The van der Waals surface area contributed by atoms with Crippen LogP contribution >= 0.6 is 0 Å². The minimum absolute atomic E-state index is 0.581. The summed E-state index contributed by atoms with van der Waals surface area (Å²) < 4.78 is 11.0. The molecule has 2 N–H and O–H groups in total. The zero-order valence-corrected chi connectivity index (χ0v) is 11.9. The van der Waals surface area contributed by atoms with Crippen molar-refractivity contribution in [2.45, 2.75) is 0 Å². The lowest BCUT2D eigenvalue weighted by molar-refractivity contribution is 0.325. The molecule has 0 amide bonds. The Hall–Kier alpha value is -2.36. The summed E-state index contributed by atoms with van der Waals surface area (Å²) in [6.07, 6.45) is 0. The normalized spacial score (nSPS) is 10.1. The average molecular weight is 272 g/mol. The van der Waals surface area contributed by atoms with Crippen LogP contribution in [0.25, 0.3) is 0 Å². The van der Waals surface area contributed by atoms with Gasteiger partial charge in [-0.3, -0.25) is 0 Å². The molecule has 4 heteroatoms. The lowest BCUT2D eigenvalue weighted by Gasteiger charge is -2.21. The van der Waals surface area contributed by atoms with E-state index in [2.05, 4.69) is 4.90 Å². The lowest BCUT2D eigenvalue weighted by atomic mass is 10.2. The topological polar surface area (TPSA) is 47.7 Å². The Labute approximate surface area is 119 Å². The van der Waals surface area contributed by atoms with Crippen molar-refractivity contribution in [3.63, 3.8) is 0 Å². The highest BCUT2D eigenvalue weighted by molar-refractivity contribution is 5.57. The van der Waals surface area contributed by atoms with Gasteiger partial charge in [0.2, 0.25) is 0 Å². The Morgan fingerprint density at radius 3 is 2.65 bits per heavy atom. The number of nitrogen functional groups attached to an aromatic ring is 1. The van der Waals surface area contributed by atoms with Gasteiger partial charge in [0, 0.05) is 18.8 Å². The summed E-state index contributed by atoms with van der Waals surface area (Å²) in [7, 11) is 3.69. The van der Waals surface area contributed by atoms with E-state index in [1.807, 2.05) is 55.6 Å². The van der Waals surface area contributed by atoms with Crippen molar-refractivity contribution in [3.8, 4) is 11.5 Å². The molecular weight excluding hydrogens is 252 g/mol. The summed E-state index contributed by atoms with van der Waals surface area (Å²) in [6.45, 7) is 1.34. The van der Waals surface area contributed by atoms with Crippen LogP contribution in [0.15, 0.2) is 48.5 Å². The Morgan fingerprint density at radius 2 is 1.90 bits per heavy atom.